The van der Waals surface area contributed by atoms with Crippen LogP contribution in [-0.2, 0) is 6.18 Å². The molecular weight excluding hydrogens is 349 g/mol. The van der Waals surface area contributed by atoms with Crippen LogP contribution in [0.5, 0.6) is 5.88 Å². The minimum atomic E-state index is -4.47. The average molecular weight is 366 g/mol. The van der Waals surface area contributed by atoms with E-state index in [4.69, 9.17) is 0 Å². The van der Waals surface area contributed by atoms with Crippen molar-refractivity contribution in [1.82, 2.24) is 9.97 Å². The molecule has 0 spiro atoms. The first-order chi connectivity index (χ1) is 11.8. The fraction of sp³-hybridized carbons (Fsp3) is 0.222. The monoisotopic (exact) mass is 366 g/mol. The third kappa shape index (κ3) is 3.56. The highest BCUT2D eigenvalue weighted by Crippen LogP contribution is 2.55. The molecule has 0 fully saturated rings. The Labute approximate surface area is 146 Å². The maximum Gasteiger partial charge on any atom is 0.417 e. The van der Waals surface area contributed by atoms with Gasteiger partial charge in [0.05, 0.1) is 11.3 Å². The molecule has 3 nitrogen and oxygen atoms in total. The van der Waals surface area contributed by atoms with E-state index in [1.807, 2.05) is 31.4 Å². The highest BCUT2D eigenvalue weighted by molar-refractivity contribution is 8.23. The molecule has 2 heterocycles. The van der Waals surface area contributed by atoms with Gasteiger partial charge in [-0.25, -0.2) is 9.97 Å². The van der Waals surface area contributed by atoms with E-state index < -0.39 is 22.6 Å². The molecule has 1 atom stereocenters. The minimum absolute atomic E-state index is 0.181. The standard InChI is InChI=1S/C18H17F3N2OS/c1-11(2)15-4-3-7-25(15)16-6-5-12(8-13(16)18(19,20)21)14-9-17(24)23-10-22-14/h3-11,25H,1-2H3,(H,22,23,24). The zero-order chi connectivity index (χ0) is 18.2. The predicted molar refractivity (Wildman–Crippen MR) is 93.4 cm³/mol. The number of rotatable bonds is 3. The van der Waals surface area contributed by atoms with Crippen molar-refractivity contribution < 1.29 is 18.3 Å². The van der Waals surface area contributed by atoms with E-state index >= 15 is 0 Å². The van der Waals surface area contributed by atoms with Crippen LogP contribution in [0.1, 0.15) is 19.4 Å². The molecule has 0 amide bonds. The van der Waals surface area contributed by atoms with Gasteiger partial charge in [0.2, 0.25) is 5.88 Å². The summed E-state index contributed by atoms with van der Waals surface area (Å²) in [5.41, 5.74) is -0.117. The van der Waals surface area contributed by atoms with E-state index in [2.05, 4.69) is 9.97 Å². The molecule has 0 radical (unpaired) electrons. The van der Waals surface area contributed by atoms with Gasteiger partial charge in [-0.3, -0.25) is 0 Å². The van der Waals surface area contributed by atoms with Crippen molar-refractivity contribution in [1.29, 1.82) is 0 Å². The van der Waals surface area contributed by atoms with E-state index in [1.165, 1.54) is 12.1 Å². The molecule has 1 unspecified atom stereocenters. The first-order valence-electron chi connectivity index (χ1n) is 7.67. The van der Waals surface area contributed by atoms with Gasteiger partial charge < -0.3 is 5.11 Å². The van der Waals surface area contributed by atoms with Crippen molar-refractivity contribution >= 4 is 10.9 Å². The van der Waals surface area contributed by atoms with Gasteiger partial charge in [-0.05, 0) is 28.4 Å². The van der Waals surface area contributed by atoms with Crippen molar-refractivity contribution in [2.24, 2.45) is 5.92 Å². The number of hydrogen-bond acceptors (Lipinski definition) is 3. The van der Waals surface area contributed by atoms with Gasteiger partial charge in [-0.2, -0.15) is 24.1 Å². The first-order valence-corrected chi connectivity index (χ1v) is 9.08. The average Bonchev–Trinajstić information content (AvgIpc) is 3.03. The SMILES string of the molecule is CC(C)C1=CC=C[SH]1c1ccc(-c2cc(O)ncn2)cc1C(F)(F)F. The van der Waals surface area contributed by atoms with E-state index in [1.54, 1.807) is 6.07 Å². The topological polar surface area (TPSA) is 46.0 Å². The van der Waals surface area contributed by atoms with Crippen LogP contribution in [0, 0.1) is 5.92 Å². The lowest BCUT2D eigenvalue weighted by Crippen LogP contribution is -2.09. The zero-order valence-corrected chi connectivity index (χ0v) is 14.5. The van der Waals surface area contributed by atoms with Gasteiger partial charge in [0.1, 0.15) is 6.33 Å². The van der Waals surface area contributed by atoms with Gasteiger partial charge >= 0.3 is 6.18 Å². The lowest BCUT2D eigenvalue weighted by atomic mass is 10.1. The van der Waals surface area contributed by atoms with Gasteiger partial charge in [0, 0.05) is 16.5 Å². The summed E-state index contributed by atoms with van der Waals surface area (Å²) in [6.45, 7) is 3.97. The molecule has 1 aromatic carbocycles. The smallest absolute Gasteiger partial charge is 0.417 e. The fourth-order valence-corrected chi connectivity index (χ4v) is 5.08. The lowest BCUT2D eigenvalue weighted by molar-refractivity contribution is -0.139. The van der Waals surface area contributed by atoms with Crippen molar-refractivity contribution in [3.05, 3.63) is 58.6 Å². The van der Waals surface area contributed by atoms with Crippen LogP contribution in [0.15, 0.2) is 58.0 Å². The Balaban J connectivity index is 2.12. The molecule has 2 aromatic rings. The normalized spacial score (nSPS) is 18.6. The summed E-state index contributed by atoms with van der Waals surface area (Å²) in [7, 11) is -1.14. The second kappa shape index (κ2) is 6.55. The van der Waals surface area contributed by atoms with Crippen LogP contribution in [0.4, 0.5) is 13.2 Å². The molecule has 1 aliphatic rings. The van der Waals surface area contributed by atoms with Gasteiger partial charge in [0.15, 0.2) is 0 Å². The number of aromatic nitrogens is 2. The van der Waals surface area contributed by atoms with Crippen LogP contribution >= 0.6 is 10.9 Å². The second-order valence-electron chi connectivity index (χ2n) is 5.95. The third-order valence-corrected chi connectivity index (χ3v) is 6.48. The van der Waals surface area contributed by atoms with Gasteiger partial charge in [-0.15, -0.1) is 0 Å². The van der Waals surface area contributed by atoms with E-state index in [0.717, 1.165) is 17.3 Å². The Morgan fingerprint density at radius 3 is 2.52 bits per heavy atom. The van der Waals surface area contributed by atoms with Crippen LogP contribution in [0.3, 0.4) is 0 Å². The number of allylic oxidation sites excluding steroid dienone is 3. The third-order valence-electron chi connectivity index (χ3n) is 3.88. The predicted octanol–water partition coefficient (Wildman–Crippen LogP) is 5.30. The Morgan fingerprint density at radius 1 is 1.12 bits per heavy atom. The molecule has 7 heteroatoms. The number of halogens is 3. The second-order valence-corrected chi connectivity index (χ2v) is 7.99. The summed E-state index contributed by atoms with van der Waals surface area (Å²) < 4.78 is 41.1. The van der Waals surface area contributed by atoms with Crippen molar-refractivity contribution in [3.8, 4) is 17.1 Å². The quantitative estimate of drug-likeness (QED) is 0.725. The molecule has 25 heavy (non-hydrogen) atoms. The van der Waals surface area contributed by atoms with Gasteiger partial charge in [0.25, 0.3) is 0 Å². The van der Waals surface area contributed by atoms with E-state index in [0.29, 0.717) is 10.5 Å². The molecule has 1 aromatic heterocycles. The number of aromatic hydroxyl groups is 1. The summed E-state index contributed by atoms with van der Waals surface area (Å²) in [5, 5.41) is 11.3. The van der Waals surface area contributed by atoms with E-state index in [-0.39, 0.29) is 17.5 Å². The Hall–Kier alpha value is -2.28. The molecule has 1 N–H and O–H groups in total. The van der Waals surface area contributed by atoms with Crippen LogP contribution in [0.25, 0.3) is 11.3 Å². The van der Waals surface area contributed by atoms with E-state index in [9.17, 15) is 18.3 Å². The zero-order valence-electron chi connectivity index (χ0n) is 13.6. The van der Waals surface area contributed by atoms with Gasteiger partial charge in [-0.1, -0.05) is 32.1 Å². The number of alkyl halides is 3. The summed E-state index contributed by atoms with van der Waals surface area (Å²) >= 11 is 0. The van der Waals surface area contributed by atoms with Crippen molar-refractivity contribution in [3.63, 3.8) is 0 Å². The number of benzene rings is 1. The van der Waals surface area contributed by atoms with Crippen LogP contribution < -0.4 is 0 Å². The Bertz CT molecular complexity index is 860. The molecule has 0 saturated carbocycles. The number of nitrogens with zero attached hydrogens (tertiary/aromatic N) is 2. The first kappa shape index (κ1) is 17.5. The molecule has 0 aliphatic carbocycles. The summed E-state index contributed by atoms with van der Waals surface area (Å²) in [5.74, 6) is -0.101. The lowest BCUT2D eigenvalue weighted by Gasteiger charge is -2.25. The number of thiol groups is 1. The highest BCUT2D eigenvalue weighted by atomic mass is 32.2. The number of hydrogen-bond donors (Lipinski definition) is 2. The molecule has 132 valence electrons. The molecule has 0 saturated heterocycles. The Kier molecular flexibility index (Phi) is 4.60. The molecule has 0 bridgehead atoms. The van der Waals surface area contributed by atoms with Crippen LogP contribution in [0.2, 0.25) is 0 Å². The Morgan fingerprint density at radius 2 is 1.88 bits per heavy atom. The minimum Gasteiger partial charge on any atom is -0.493 e. The van der Waals surface area contributed by atoms with Crippen LogP contribution in [-0.4, -0.2) is 15.1 Å². The summed E-state index contributed by atoms with van der Waals surface area (Å²) in [4.78, 5) is 8.81. The summed E-state index contributed by atoms with van der Waals surface area (Å²) in [6, 6.07) is 5.48. The van der Waals surface area contributed by atoms with Crippen molar-refractivity contribution in [2.45, 2.75) is 24.9 Å². The molecule has 1 aliphatic heterocycles. The molecule has 3 rings (SSSR count). The maximum absolute atomic E-state index is 13.7. The largest absolute Gasteiger partial charge is 0.493 e. The summed E-state index contributed by atoms with van der Waals surface area (Å²) in [6.07, 6.45) is 0.390. The highest BCUT2D eigenvalue weighted by Gasteiger charge is 2.36. The molecular formula is C18H17F3N2OS. The van der Waals surface area contributed by atoms with Crippen molar-refractivity contribution in [2.75, 3.05) is 0 Å². The fourth-order valence-electron chi connectivity index (χ4n) is 2.72. The maximum atomic E-state index is 13.7.